The van der Waals surface area contributed by atoms with Crippen molar-refractivity contribution < 1.29 is 26.4 Å². The van der Waals surface area contributed by atoms with Gasteiger partial charge < -0.3 is 26.4 Å². The summed E-state index contributed by atoms with van der Waals surface area (Å²) in [4.78, 5) is 10.5. The fraction of sp³-hybridized carbons (Fsp3) is 0.889. The first-order chi connectivity index (χ1) is 6.05. The van der Waals surface area contributed by atoms with Crippen molar-refractivity contribution in [2.45, 2.75) is 12.5 Å². The van der Waals surface area contributed by atoms with E-state index in [4.69, 9.17) is 16.3 Å². The van der Waals surface area contributed by atoms with Gasteiger partial charge in [0.25, 0.3) is 0 Å². The zero-order chi connectivity index (χ0) is 10.3. The number of hydrogen-bond acceptors (Lipinski definition) is 2. The normalized spacial score (nSPS) is 13.1. The van der Waals surface area contributed by atoms with Crippen molar-refractivity contribution >= 4 is 17.9 Å². The molecule has 86 valence electrons. The van der Waals surface area contributed by atoms with E-state index in [-0.39, 0.29) is 18.5 Å². The van der Waals surface area contributed by atoms with Crippen LogP contribution in [0, 0.1) is 0 Å². The minimum absolute atomic E-state index is 0. The van der Waals surface area contributed by atoms with Crippen LogP contribution in [-0.4, -0.2) is 57.0 Å². The Bertz CT molecular complexity index is 154. The molecule has 0 aromatic carbocycles. The highest BCUT2D eigenvalue weighted by Gasteiger charge is 2.16. The van der Waals surface area contributed by atoms with Gasteiger partial charge in [-0.15, -0.1) is 11.6 Å². The molecule has 0 aliphatic heterocycles. The van der Waals surface area contributed by atoms with Crippen LogP contribution in [0.25, 0.3) is 0 Å². The fourth-order valence-electron chi connectivity index (χ4n) is 1.06. The molecule has 0 saturated heterocycles. The number of nitrogens with zero attached hydrogens (tertiary/aromatic N) is 1. The molecule has 0 aliphatic carbocycles. The highest BCUT2D eigenvalue weighted by Crippen LogP contribution is 2.03. The number of methoxy groups -OCH3 is 1. The average Bonchev–Trinajstić information content (AvgIpc) is 2.06. The van der Waals surface area contributed by atoms with Crippen LogP contribution in [0.2, 0.25) is 0 Å². The van der Waals surface area contributed by atoms with Crippen LogP contribution in [0.4, 0.5) is 0 Å². The maximum absolute atomic E-state index is 10.5. The molecular weight excluding hydrogens is 225 g/mol. The first-order valence-electron chi connectivity index (χ1n) is 4.42. The van der Waals surface area contributed by atoms with E-state index in [0.29, 0.717) is 5.88 Å². The summed E-state index contributed by atoms with van der Waals surface area (Å²) in [5.41, 5.74) is 0. The number of carbonyl (C=O) groups excluding carboxylic acids is 1. The second kappa shape index (κ2) is 8.48. The lowest BCUT2D eigenvalue weighted by atomic mass is 10.2. The Labute approximate surface area is 97.4 Å². The number of hydrogen-bond donors (Lipinski definition) is 0. The smallest absolute Gasteiger partial charge is 0.148 e. The summed E-state index contributed by atoms with van der Waals surface area (Å²) in [5, 5.41) is 0. The third-order valence-corrected chi connectivity index (χ3v) is 2.33. The molecule has 0 aliphatic rings. The highest BCUT2D eigenvalue weighted by atomic mass is 35.5. The summed E-state index contributed by atoms with van der Waals surface area (Å²) < 4.78 is 5.79. The van der Waals surface area contributed by atoms with Crippen molar-refractivity contribution in [2.75, 3.05) is 40.2 Å². The largest absolute Gasteiger partial charge is 1.00 e. The molecule has 0 aromatic heterocycles. The second-order valence-corrected chi connectivity index (χ2v) is 4.15. The minimum Gasteiger partial charge on any atom is -1.00 e. The van der Waals surface area contributed by atoms with Crippen LogP contribution < -0.4 is 12.4 Å². The van der Waals surface area contributed by atoms with Crippen LogP contribution in [0.1, 0.15) is 6.42 Å². The average molecular weight is 244 g/mol. The minimum atomic E-state index is -0.271. The lowest BCUT2D eigenvalue weighted by Gasteiger charge is -2.29. The summed E-state index contributed by atoms with van der Waals surface area (Å²) >= 11 is 5.65. The Morgan fingerprint density at radius 2 is 2.00 bits per heavy atom. The maximum atomic E-state index is 10.5. The number of rotatable bonds is 7. The predicted octanol–water partition coefficient (Wildman–Crippen LogP) is -2.09. The van der Waals surface area contributed by atoms with Gasteiger partial charge in [-0.2, -0.15) is 0 Å². The SMILES string of the molecule is COC(C=O)CC[N+](C)(C)CCCl.[Cl-]. The topological polar surface area (TPSA) is 26.3 Å². The number of alkyl halides is 1. The van der Waals surface area contributed by atoms with Gasteiger partial charge in [-0.1, -0.05) is 0 Å². The number of aldehydes is 1. The summed E-state index contributed by atoms with van der Waals surface area (Å²) in [6.07, 6.45) is 1.33. The van der Waals surface area contributed by atoms with Crippen LogP contribution >= 0.6 is 11.6 Å². The third kappa shape index (κ3) is 7.56. The van der Waals surface area contributed by atoms with E-state index in [1.807, 2.05) is 0 Å². The summed E-state index contributed by atoms with van der Waals surface area (Å²) in [5.74, 6) is 0.645. The maximum Gasteiger partial charge on any atom is 0.148 e. The number of carbonyl (C=O) groups is 1. The van der Waals surface area contributed by atoms with Crippen LogP contribution in [0.5, 0.6) is 0 Å². The molecule has 0 amide bonds. The quantitative estimate of drug-likeness (QED) is 0.291. The molecule has 5 heteroatoms. The van der Waals surface area contributed by atoms with Gasteiger partial charge in [0.15, 0.2) is 0 Å². The van der Waals surface area contributed by atoms with Crippen molar-refractivity contribution in [2.24, 2.45) is 0 Å². The van der Waals surface area contributed by atoms with E-state index < -0.39 is 0 Å². The van der Waals surface area contributed by atoms with Crippen LogP contribution in [-0.2, 0) is 9.53 Å². The number of ether oxygens (including phenoxy) is 1. The molecule has 0 fully saturated rings. The molecule has 3 nitrogen and oxygen atoms in total. The first-order valence-corrected chi connectivity index (χ1v) is 4.95. The highest BCUT2D eigenvalue weighted by molar-refractivity contribution is 6.17. The van der Waals surface area contributed by atoms with Crippen molar-refractivity contribution in [3.05, 3.63) is 0 Å². The van der Waals surface area contributed by atoms with Gasteiger partial charge in [0.2, 0.25) is 0 Å². The molecule has 1 unspecified atom stereocenters. The van der Waals surface area contributed by atoms with E-state index in [1.54, 1.807) is 7.11 Å². The molecule has 0 spiro atoms. The first kappa shape index (κ1) is 16.6. The van der Waals surface area contributed by atoms with Crippen molar-refractivity contribution in [1.29, 1.82) is 0 Å². The van der Waals surface area contributed by atoms with E-state index in [2.05, 4.69) is 14.1 Å². The standard InChI is InChI=1S/C9H19ClNO2.ClH/c1-11(2,7-5-10)6-4-9(8-12)13-3;/h8-9H,4-7H2,1-3H3;1H/q+1;/p-1. The monoisotopic (exact) mass is 243 g/mol. The molecule has 0 bridgehead atoms. The summed E-state index contributed by atoms with van der Waals surface area (Å²) in [6.45, 7) is 1.82. The van der Waals surface area contributed by atoms with Gasteiger partial charge >= 0.3 is 0 Å². The zero-order valence-electron chi connectivity index (χ0n) is 9.00. The molecule has 0 heterocycles. The fourth-order valence-corrected chi connectivity index (χ4v) is 1.52. The van der Waals surface area contributed by atoms with E-state index in [9.17, 15) is 4.79 Å². The third-order valence-electron chi connectivity index (χ3n) is 2.16. The Kier molecular flexibility index (Phi) is 10.0. The number of halogens is 2. The molecule has 0 N–H and O–H groups in total. The Morgan fingerprint density at radius 1 is 1.43 bits per heavy atom. The summed E-state index contributed by atoms with van der Waals surface area (Å²) in [6, 6.07) is 0. The Balaban J connectivity index is 0. The Morgan fingerprint density at radius 3 is 2.36 bits per heavy atom. The zero-order valence-corrected chi connectivity index (χ0v) is 10.5. The van der Waals surface area contributed by atoms with Crippen molar-refractivity contribution in [3.63, 3.8) is 0 Å². The van der Waals surface area contributed by atoms with Gasteiger partial charge in [-0.25, -0.2) is 0 Å². The molecule has 0 rings (SSSR count). The van der Waals surface area contributed by atoms with Gasteiger partial charge in [-0.05, 0) is 0 Å². The van der Waals surface area contributed by atoms with Crippen LogP contribution in [0.3, 0.4) is 0 Å². The van der Waals surface area contributed by atoms with Crippen LogP contribution in [0.15, 0.2) is 0 Å². The van der Waals surface area contributed by atoms with Crippen molar-refractivity contribution in [1.82, 2.24) is 0 Å². The second-order valence-electron chi connectivity index (χ2n) is 3.77. The van der Waals surface area contributed by atoms with Gasteiger partial charge in [0.05, 0.1) is 33.1 Å². The van der Waals surface area contributed by atoms with Gasteiger partial charge in [0.1, 0.15) is 12.4 Å². The van der Waals surface area contributed by atoms with E-state index in [0.717, 1.165) is 30.3 Å². The lowest BCUT2D eigenvalue weighted by molar-refractivity contribution is -0.888. The molecule has 0 radical (unpaired) electrons. The molecule has 1 atom stereocenters. The van der Waals surface area contributed by atoms with E-state index >= 15 is 0 Å². The van der Waals surface area contributed by atoms with Crippen molar-refractivity contribution in [3.8, 4) is 0 Å². The molecular formula is C9H19Cl2NO2. The molecule has 0 saturated carbocycles. The molecule has 0 aromatic rings. The lowest BCUT2D eigenvalue weighted by Crippen LogP contribution is -3.00. The summed E-state index contributed by atoms with van der Waals surface area (Å²) in [7, 11) is 5.75. The Hall–Kier alpha value is 0.170. The molecule has 14 heavy (non-hydrogen) atoms. The van der Waals surface area contributed by atoms with Gasteiger partial charge in [0, 0.05) is 13.5 Å². The van der Waals surface area contributed by atoms with E-state index in [1.165, 1.54) is 0 Å². The predicted molar refractivity (Wildman–Crippen MR) is 54.0 cm³/mol. The number of quaternary nitrogens is 1. The van der Waals surface area contributed by atoms with Gasteiger partial charge in [-0.3, -0.25) is 0 Å².